The van der Waals surface area contributed by atoms with Crippen LogP contribution in [0.25, 0.3) is 22.8 Å². The molecule has 0 saturated heterocycles. The van der Waals surface area contributed by atoms with Gasteiger partial charge in [0.2, 0.25) is 5.82 Å². The fourth-order valence-electron chi connectivity index (χ4n) is 1.80. The van der Waals surface area contributed by atoms with E-state index in [9.17, 15) is 5.11 Å². The van der Waals surface area contributed by atoms with Crippen LogP contribution >= 0.6 is 0 Å². The average Bonchev–Trinajstić information content (AvgIpc) is 2.89. The average molecular weight is 253 g/mol. The zero-order valence-electron chi connectivity index (χ0n) is 10.2. The molecule has 2 aromatic heterocycles. The first-order chi connectivity index (χ1) is 9.24. The zero-order chi connectivity index (χ0) is 13.2. The maximum Gasteiger partial charge on any atom is 0.262 e. The Bertz CT molecular complexity index is 722. The smallest absolute Gasteiger partial charge is 0.262 e. The highest BCUT2D eigenvalue weighted by molar-refractivity contribution is 5.64. The molecule has 1 aromatic carbocycles. The molecule has 0 bridgehead atoms. The van der Waals surface area contributed by atoms with Crippen LogP contribution in [0.1, 0.15) is 5.56 Å². The molecular formula is C14H11N3O2. The van der Waals surface area contributed by atoms with E-state index in [-0.39, 0.29) is 11.6 Å². The maximum atomic E-state index is 9.70. The lowest BCUT2D eigenvalue weighted by atomic mass is 10.1. The lowest BCUT2D eigenvalue weighted by molar-refractivity contribution is 0.425. The van der Waals surface area contributed by atoms with Gasteiger partial charge in [-0.3, -0.25) is 4.98 Å². The molecular weight excluding hydrogens is 242 g/mol. The number of hydrogen-bond donors (Lipinski definition) is 1. The molecule has 1 N–H and O–H groups in total. The van der Waals surface area contributed by atoms with Crippen LogP contribution < -0.4 is 0 Å². The highest BCUT2D eigenvalue weighted by Gasteiger charge is 2.13. The summed E-state index contributed by atoms with van der Waals surface area (Å²) >= 11 is 0. The van der Waals surface area contributed by atoms with Crippen LogP contribution in [-0.4, -0.2) is 20.2 Å². The monoisotopic (exact) mass is 253 g/mol. The molecule has 0 spiro atoms. The van der Waals surface area contributed by atoms with Gasteiger partial charge in [0.15, 0.2) is 0 Å². The Morgan fingerprint density at radius 3 is 2.89 bits per heavy atom. The second-order valence-corrected chi connectivity index (χ2v) is 4.19. The number of pyridine rings is 1. The third-order valence-electron chi connectivity index (χ3n) is 2.73. The molecule has 0 fully saturated rings. The highest BCUT2D eigenvalue weighted by atomic mass is 16.5. The predicted octanol–water partition coefficient (Wildman–Crippen LogP) is 2.81. The molecule has 0 unspecified atom stereocenters. The molecule has 0 aliphatic heterocycles. The summed E-state index contributed by atoms with van der Waals surface area (Å²) in [6.45, 7) is 2.00. The summed E-state index contributed by atoms with van der Waals surface area (Å²) in [5.41, 5.74) is 2.47. The second kappa shape index (κ2) is 4.53. The van der Waals surface area contributed by atoms with Crippen molar-refractivity contribution in [3.63, 3.8) is 0 Å². The quantitative estimate of drug-likeness (QED) is 0.760. The summed E-state index contributed by atoms with van der Waals surface area (Å²) in [5.74, 6) is 0.785. The van der Waals surface area contributed by atoms with Crippen LogP contribution in [0.3, 0.4) is 0 Å². The van der Waals surface area contributed by atoms with E-state index in [1.54, 1.807) is 12.3 Å². The summed E-state index contributed by atoms with van der Waals surface area (Å²) in [6.07, 6.45) is 2.90. The van der Waals surface area contributed by atoms with Crippen molar-refractivity contribution < 1.29 is 9.63 Å². The molecule has 19 heavy (non-hydrogen) atoms. The van der Waals surface area contributed by atoms with Crippen LogP contribution in [0.5, 0.6) is 5.75 Å². The van der Waals surface area contributed by atoms with E-state index >= 15 is 0 Å². The summed E-state index contributed by atoms with van der Waals surface area (Å²) in [5, 5.41) is 13.6. The van der Waals surface area contributed by atoms with E-state index in [2.05, 4.69) is 15.1 Å². The van der Waals surface area contributed by atoms with Crippen LogP contribution in [0.2, 0.25) is 0 Å². The van der Waals surface area contributed by atoms with Gasteiger partial charge in [0.25, 0.3) is 5.89 Å². The van der Waals surface area contributed by atoms with Crippen LogP contribution in [0.15, 0.2) is 47.2 Å². The van der Waals surface area contributed by atoms with E-state index < -0.39 is 0 Å². The number of benzene rings is 1. The molecule has 0 aliphatic rings. The minimum atomic E-state index is 0.0157. The molecule has 0 aliphatic carbocycles. The minimum absolute atomic E-state index is 0.0157. The fourth-order valence-corrected chi connectivity index (χ4v) is 1.80. The van der Waals surface area contributed by atoms with Gasteiger partial charge in [-0.25, -0.2) is 0 Å². The van der Waals surface area contributed by atoms with Crippen molar-refractivity contribution >= 4 is 0 Å². The highest BCUT2D eigenvalue weighted by Crippen LogP contribution is 2.28. The Morgan fingerprint density at radius 1 is 1.21 bits per heavy atom. The van der Waals surface area contributed by atoms with Gasteiger partial charge in [-0.1, -0.05) is 28.9 Å². The normalized spacial score (nSPS) is 10.6. The number of aromatic hydroxyl groups is 1. The number of hydrogen-bond acceptors (Lipinski definition) is 5. The van der Waals surface area contributed by atoms with Gasteiger partial charge in [0, 0.05) is 11.8 Å². The third-order valence-corrected chi connectivity index (χ3v) is 2.73. The first kappa shape index (κ1) is 11.4. The Balaban J connectivity index is 2.03. The second-order valence-electron chi connectivity index (χ2n) is 4.19. The predicted molar refractivity (Wildman–Crippen MR) is 69.4 cm³/mol. The number of rotatable bonds is 2. The van der Waals surface area contributed by atoms with Gasteiger partial charge in [0.1, 0.15) is 5.75 Å². The van der Waals surface area contributed by atoms with Gasteiger partial charge in [-0.2, -0.15) is 4.98 Å². The first-order valence-electron chi connectivity index (χ1n) is 5.78. The van der Waals surface area contributed by atoms with Crippen molar-refractivity contribution in [2.45, 2.75) is 6.92 Å². The Labute approximate surface area is 109 Å². The Morgan fingerprint density at radius 2 is 2.11 bits per heavy atom. The van der Waals surface area contributed by atoms with Crippen molar-refractivity contribution in [2.24, 2.45) is 0 Å². The summed E-state index contributed by atoms with van der Waals surface area (Å²) in [4.78, 5) is 8.09. The van der Waals surface area contributed by atoms with Crippen molar-refractivity contribution in [1.29, 1.82) is 0 Å². The number of nitrogens with zero attached hydrogens (tertiary/aromatic N) is 3. The first-order valence-corrected chi connectivity index (χ1v) is 5.78. The lowest BCUT2D eigenvalue weighted by Gasteiger charge is -1.96. The minimum Gasteiger partial charge on any atom is -0.505 e. The van der Waals surface area contributed by atoms with Crippen molar-refractivity contribution in [3.8, 4) is 28.6 Å². The van der Waals surface area contributed by atoms with Crippen LogP contribution in [0.4, 0.5) is 0 Å². The summed E-state index contributed by atoms with van der Waals surface area (Å²) < 4.78 is 5.18. The van der Waals surface area contributed by atoms with E-state index in [1.807, 2.05) is 31.2 Å². The van der Waals surface area contributed by atoms with Crippen LogP contribution in [-0.2, 0) is 0 Å². The molecule has 3 rings (SSSR count). The van der Waals surface area contributed by atoms with E-state index in [4.69, 9.17) is 4.52 Å². The molecule has 3 aromatic rings. The van der Waals surface area contributed by atoms with Crippen molar-refractivity contribution in [2.75, 3.05) is 0 Å². The van der Waals surface area contributed by atoms with Crippen molar-refractivity contribution in [3.05, 3.63) is 48.3 Å². The Kier molecular flexibility index (Phi) is 2.72. The van der Waals surface area contributed by atoms with Gasteiger partial charge in [-0.05, 0) is 19.1 Å². The molecule has 5 heteroatoms. The third kappa shape index (κ3) is 2.18. The zero-order valence-corrected chi connectivity index (χ0v) is 10.2. The van der Waals surface area contributed by atoms with E-state index in [0.29, 0.717) is 11.4 Å². The van der Waals surface area contributed by atoms with Gasteiger partial charge in [-0.15, -0.1) is 0 Å². The standard InChI is InChI=1S/C14H11N3O2/c1-9-3-2-4-10(7-9)13-16-14(19-17-13)11-5-6-15-8-12(11)18/h2-8,18H,1H3. The Hall–Kier alpha value is -2.69. The number of aryl methyl sites for hydroxylation is 1. The molecule has 5 nitrogen and oxygen atoms in total. The van der Waals surface area contributed by atoms with Gasteiger partial charge >= 0.3 is 0 Å². The van der Waals surface area contributed by atoms with Gasteiger partial charge < -0.3 is 9.63 Å². The molecule has 94 valence electrons. The summed E-state index contributed by atoms with van der Waals surface area (Å²) in [7, 11) is 0. The molecule has 0 amide bonds. The molecule has 0 atom stereocenters. The van der Waals surface area contributed by atoms with E-state index in [0.717, 1.165) is 11.1 Å². The molecule has 0 saturated carbocycles. The number of aromatic nitrogens is 3. The molecule has 2 heterocycles. The van der Waals surface area contributed by atoms with Gasteiger partial charge in [0.05, 0.1) is 11.8 Å². The summed E-state index contributed by atoms with van der Waals surface area (Å²) in [6, 6.07) is 9.45. The fraction of sp³-hybridized carbons (Fsp3) is 0.0714. The van der Waals surface area contributed by atoms with Crippen LogP contribution in [0, 0.1) is 6.92 Å². The lowest BCUT2D eigenvalue weighted by Crippen LogP contribution is -1.83. The topological polar surface area (TPSA) is 72.0 Å². The SMILES string of the molecule is Cc1cccc(-c2noc(-c3ccncc3O)n2)c1. The largest absolute Gasteiger partial charge is 0.505 e. The molecule has 0 radical (unpaired) electrons. The van der Waals surface area contributed by atoms with E-state index in [1.165, 1.54) is 6.20 Å². The maximum absolute atomic E-state index is 9.70. The van der Waals surface area contributed by atoms with Crippen molar-refractivity contribution in [1.82, 2.24) is 15.1 Å².